The van der Waals surface area contributed by atoms with E-state index >= 15 is 0 Å². The number of hydrogen-bond donors (Lipinski definition) is 3. The van der Waals surface area contributed by atoms with Crippen LogP contribution in [-0.2, 0) is 0 Å². The summed E-state index contributed by atoms with van der Waals surface area (Å²) in [4.78, 5) is 6.04. The zero-order chi connectivity index (χ0) is 7.72. The lowest BCUT2D eigenvalue weighted by Gasteiger charge is -1.96. The Balaban J connectivity index is 3.31. The molecule has 0 fully saturated rings. The second kappa shape index (κ2) is 1.98. The number of nitrogens with zero attached hydrogens (tertiary/aromatic N) is 2. The van der Waals surface area contributed by atoms with Gasteiger partial charge in [-0.25, -0.2) is 0 Å². The van der Waals surface area contributed by atoms with Crippen LogP contribution in [0.3, 0.4) is 0 Å². The molecule has 1 aromatic heterocycles. The Hall–Kier alpha value is -1.59. The lowest BCUT2D eigenvalue weighted by atomic mass is 10.5. The van der Waals surface area contributed by atoms with Crippen LogP contribution >= 0.6 is 0 Å². The van der Waals surface area contributed by atoms with E-state index in [0.717, 1.165) is 0 Å². The third-order valence-corrected chi connectivity index (χ3v) is 0.834. The molecule has 0 aliphatic rings. The summed E-state index contributed by atoms with van der Waals surface area (Å²) in [5, 5.41) is 17.0. The van der Waals surface area contributed by atoms with Gasteiger partial charge in [-0.3, -0.25) is 0 Å². The average molecular weight is 145 g/mol. The maximum atomic E-state index is 12.2. The first-order valence-corrected chi connectivity index (χ1v) is 2.32. The van der Waals surface area contributed by atoms with Crippen LogP contribution < -0.4 is 5.73 Å². The maximum absolute atomic E-state index is 12.2. The van der Waals surface area contributed by atoms with Crippen LogP contribution in [0.15, 0.2) is 0 Å². The molecule has 6 heteroatoms. The Kier molecular flexibility index (Phi) is 1.29. The maximum Gasteiger partial charge on any atom is 0.257 e. The van der Waals surface area contributed by atoms with E-state index in [0.29, 0.717) is 0 Å². The monoisotopic (exact) mass is 145 g/mol. The van der Waals surface area contributed by atoms with Gasteiger partial charge in [-0.1, -0.05) is 0 Å². The van der Waals surface area contributed by atoms with E-state index in [1.165, 1.54) is 0 Å². The zero-order valence-electron chi connectivity index (χ0n) is 4.74. The Morgan fingerprint density at radius 1 is 1.20 bits per heavy atom. The van der Waals surface area contributed by atoms with E-state index in [2.05, 4.69) is 9.97 Å². The van der Waals surface area contributed by atoms with Crippen molar-refractivity contribution < 1.29 is 14.6 Å². The van der Waals surface area contributed by atoms with Gasteiger partial charge in [0.25, 0.3) is 11.8 Å². The van der Waals surface area contributed by atoms with Crippen molar-refractivity contribution in [2.45, 2.75) is 0 Å². The largest absolute Gasteiger partial charge is 0.491 e. The number of nitrogen functional groups attached to an aromatic ring is 1. The summed E-state index contributed by atoms with van der Waals surface area (Å²) in [6.07, 6.45) is 0. The summed E-state index contributed by atoms with van der Waals surface area (Å²) in [6, 6.07) is 0. The first kappa shape index (κ1) is 6.53. The molecule has 0 atom stereocenters. The molecule has 4 N–H and O–H groups in total. The van der Waals surface area contributed by atoms with Crippen molar-refractivity contribution >= 4 is 5.95 Å². The van der Waals surface area contributed by atoms with Crippen molar-refractivity contribution in [3.63, 3.8) is 0 Å². The number of aromatic nitrogens is 2. The number of halogens is 1. The van der Waals surface area contributed by atoms with Gasteiger partial charge < -0.3 is 15.9 Å². The molecule has 0 saturated heterocycles. The highest BCUT2D eigenvalue weighted by Gasteiger charge is 2.09. The number of rotatable bonds is 0. The first-order chi connectivity index (χ1) is 4.61. The number of hydrogen-bond acceptors (Lipinski definition) is 5. The highest BCUT2D eigenvalue weighted by atomic mass is 19.1. The number of anilines is 1. The van der Waals surface area contributed by atoms with Gasteiger partial charge in [0.05, 0.1) is 0 Å². The van der Waals surface area contributed by atoms with E-state index in [4.69, 9.17) is 15.9 Å². The van der Waals surface area contributed by atoms with Crippen LogP contribution in [0.4, 0.5) is 10.3 Å². The molecular weight excluding hydrogens is 141 g/mol. The molecule has 0 unspecified atom stereocenters. The van der Waals surface area contributed by atoms with E-state index in [1.807, 2.05) is 0 Å². The standard InChI is InChI=1S/C4H4FN3O2/c5-1-2(9)7-4(6)8-3(1)10/h(H4,6,7,8,9,10). The predicted octanol–water partition coefficient (Wildman–Crippen LogP) is -0.391. The van der Waals surface area contributed by atoms with Gasteiger partial charge in [-0.2, -0.15) is 14.4 Å². The molecule has 1 heterocycles. The minimum Gasteiger partial charge on any atom is -0.491 e. The van der Waals surface area contributed by atoms with E-state index in [9.17, 15) is 4.39 Å². The molecule has 0 radical (unpaired) electrons. The Bertz CT molecular complexity index is 242. The zero-order valence-corrected chi connectivity index (χ0v) is 4.74. The molecule has 1 rings (SSSR count). The molecule has 5 nitrogen and oxygen atoms in total. The van der Waals surface area contributed by atoms with E-state index < -0.39 is 17.6 Å². The second-order valence-corrected chi connectivity index (χ2v) is 1.54. The van der Waals surface area contributed by atoms with Crippen LogP contribution in [0.25, 0.3) is 0 Å². The van der Waals surface area contributed by atoms with Crippen molar-refractivity contribution in [2.24, 2.45) is 0 Å². The summed E-state index contributed by atoms with van der Waals surface area (Å²) >= 11 is 0. The van der Waals surface area contributed by atoms with Crippen molar-refractivity contribution in [3.8, 4) is 11.8 Å². The molecule has 0 amide bonds. The fourth-order valence-corrected chi connectivity index (χ4v) is 0.440. The van der Waals surface area contributed by atoms with Crippen LogP contribution in [0.5, 0.6) is 11.8 Å². The van der Waals surface area contributed by atoms with Crippen LogP contribution in [0.2, 0.25) is 0 Å². The van der Waals surface area contributed by atoms with Crippen molar-refractivity contribution in [2.75, 3.05) is 5.73 Å². The highest BCUT2D eigenvalue weighted by molar-refractivity contribution is 5.29. The highest BCUT2D eigenvalue weighted by Crippen LogP contribution is 2.20. The van der Waals surface area contributed by atoms with Gasteiger partial charge in [0, 0.05) is 0 Å². The molecule has 0 aliphatic heterocycles. The third kappa shape index (κ3) is 0.903. The smallest absolute Gasteiger partial charge is 0.257 e. The lowest BCUT2D eigenvalue weighted by Crippen LogP contribution is -1.96. The summed E-state index contributed by atoms with van der Waals surface area (Å²) in [7, 11) is 0. The summed E-state index contributed by atoms with van der Waals surface area (Å²) in [6.45, 7) is 0. The minimum atomic E-state index is -1.27. The minimum absolute atomic E-state index is 0.378. The normalized spacial score (nSPS) is 9.70. The molecule has 0 aromatic carbocycles. The van der Waals surface area contributed by atoms with Gasteiger partial charge in [0.15, 0.2) is 0 Å². The summed E-state index contributed by atoms with van der Waals surface area (Å²) < 4.78 is 12.2. The number of aromatic hydroxyl groups is 2. The molecule has 0 saturated carbocycles. The Morgan fingerprint density at radius 2 is 1.60 bits per heavy atom. The van der Waals surface area contributed by atoms with Crippen molar-refractivity contribution in [1.29, 1.82) is 0 Å². The molecular formula is C4H4FN3O2. The molecule has 54 valence electrons. The Morgan fingerprint density at radius 3 is 2.00 bits per heavy atom. The molecule has 0 aliphatic carbocycles. The van der Waals surface area contributed by atoms with E-state index in [-0.39, 0.29) is 5.95 Å². The van der Waals surface area contributed by atoms with Gasteiger partial charge in [-0.05, 0) is 0 Å². The molecule has 0 spiro atoms. The van der Waals surface area contributed by atoms with Crippen molar-refractivity contribution in [1.82, 2.24) is 9.97 Å². The van der Waals surface area contributed by atoms with Gasteiger partial charge in [0.1, 0.15) is 0 Å². The SMILES string of the molecule is Nc1nc(O)c(F)c(O)n1. The summed E-state index contributed by atoms with van der Waals surface area (Å²) in [5.41, 5.74) is 4.92. The van der Waals surface area contributed by atoms with E-state index in [1.54, 1.807) is 0 Å². The average Bonchev–Trinajstić information content (AvgIpc) is 1.82. The van der Waals surface area contributed by atoms with Crippen molar-refractivity contribution in [3.05, 3.63) is 5.82 Å². The Labute approximate surface area is 55.0 Å². The van der Waals surface area contributed by atoms with Crippen LogP contribution in [-0.4, -0.2) is 20.2 Å². The fraction of sp³-hybridized carbons (Fsp3) is 0. The molecule has 10 heavy (non-hydrogen) atoms. The quantitative estimate of drug-likeness (QED) is 0.462. The van der Waals surface area contributed by atoms with Crippen LogP contribution in [0, 0.1) is 5.82 Å². The second-order valence-electron chi connectivity index (χ2n) is 1.54. The van der Waals surface area contributed by atoms with Gasteiger partial charge in [0.2, 0.25) is 11.8 Å². The number of nitrogens with two attached hydrogens (primary N) is 1. The van der Waals surface area contributed by atoms with Gasteiger partial charge >= 0.3 is 0 Å². The molecule has 1 aromatic rings. The van der Waals surface area contributed by atoms with Crippen LogP contribution in [0.1, 0.15) is 0 Å². The topological polar surface area (TPSA) is 92.3 Å². The first-order valence-electron chi connectivity index (χ1n) is 2.32. The molecule has 0 bridgehead atoms. The third-order valence-electron chi connectivity index (χ3n) is 0.834. The summed E-state index contributed by atoms with van der Waals surface area (Å²) in [5.74, 6) is -3.56. The lowest BCUT2D eigenvalue weighted by molar-refractivity contribution is 0.363. The predicted molar refractivity (Wildman–Crippen MR) is 29.7 cm³/mol. The fourth-order valence-electron chi connectivity index (χ4n) is 0.440. The van der Waals surface area contributed by atoms with Gasteiger partial charge in [-0.15, -0.1) is 0 Å².